The Bertz CT molecular complexity index is 1410. The van der Waals surface area contributed by atoms with E-state index < -0.39 is 8.32 Å². The van der Waals surface area contributed by atoms with Crippen LogP contribution >= 0.6 is 23.2 Å². The summed E-state index contributed by atoms with van der Waals surface area (Å²) in [5, 5.41) is 27.6. The Hall–Kier alpha value is -2.39. The minimum Gasteiger partial charge on any atom is -0.508 e. The van der Waals surface area contributed by atoms with Gasteiger partial charge in [-0.25, -0.2) is 0 Å². The lowest BCUT2D eigenvalue weighted by atomic mass is 9.93. The number of amides is 1. The monoisotopic (exact) mass is 644 g/mol. The van der Waals surface area contributed by atoms with Gasteiger partial charge < -0.3 is 25.3 Å². The number of carbonyl (C=O) groups is 1. The van der Waals surface area contributed by atoms with Gasteiger partial charge in [0.1, 0.15) is 5.75 Å². The lowest BCUT2D eigenvalue weighted by Crippen LogP contribution is -2.47. The molecular weight excluding hydrogens is 599 g/mol. The molecule has 0 unspecified atom stereocenters. The van der Waals surface area contributed by atoms with Crippen molar-refractivity contribution in [3.8, 4) is 5.75 Å². The maximum absolute atomic E-state index is 12.9. The fourth-order valence-electron chi connectivity index (χ4n) is 4.57. The number of benzene rings is 3. The zero-order valence-electron chi connectivity index (χ0n) is 26.4. The van der Waals surface area contributed by atoms with Gasteiger partial charge in [0.15, 0.2) is 8.32 Å². The largest absolute Gasteiger partial charge is 0.508 e. The van der Waals surface area contributed by atoms with Crippen LogP contribution in [0.5, 0.6) is 5.75 Å². The van der Waals surface area contributed by atoms with Crippen LogP contribution in [0.3, 0.4) is 0 Å². The Morgan fingerprint density at radius 1 is 0.953 bits per heavy atom. The molecule has 0 aliphatic rings. The van der Waals surface area contributed by atoms with Crippen molar-refractivity contribution >= 4 is 37.4 Å². The molecule has 0 fully saturated rings. The van der Waals surface area contributed by atoms with Gasteiger partial charge in [0.2, 0.25) is 0 Å². The number of aromatic hydroxyl groups is 1. The molecule has 0 aliphatic heterocycles. The summed E-state index contributed by atoms with van der Waals surface area (Å²) < 4.78 is 6.85. The van der Waals surface area contributed by atoms with E-state index in [0.29, 0.717) is 47.1 Å². The first-order valence-electron chi connectivity index (χ1n) is 14.7. The molecule has 234 valence electrons. The van der Waals surface area contributed by atoms with Crippen molar-refractivity contribution in [2.45, 2.75) is 83.8 Å². The summed E-state index contributed by atoms with van der Waals surface area (Å²) >= 11 is 12.1. The molecule has 3 aromatic carbocycles. The first kappa shape index (κ1) is 35.1. The van der Waals surface area contributed by atoms with Crippen LogP contribution in [0.2, 0.25) is 28.2 Å². The third kappa shape index (κ3) is 10.1. The van der Waals surface area contributed by atoms with Crippen LogP contribution in [0.4, 0.5) is 0 Å². The van der Waals surface area contributed by atoms with E-state index in [2.05, 4.69) is 58.3 Å². The summed E-state index contributed by atoms with van der Waals surface area (Å²) in [4.78, 5) is 12.9. The second-order valence-corrected chi connectivity index (χ2v) is 18.9. The summed E-state index contributed by atoms with van der Waals surface area (Å²) in [5.74, 6) is -0.0496. The smallest absolute Gasteiger partial charge is 0.251 e. The molecule has 0 aliphatic carbocycles. The Labute approximate surface area is 267 Å². The van der Waals surface area contributed by atoms with Crippen molar-refractivity contribution in [1.82, 2.24) is 10.6 Å². The van der Waals surface area contributed by atoms with Gasteiger partial charge in [-0.1, -0.05) is 68.2 Å². The number of hydrogen-bond donors (Lipinski definition) is 4. The predicted molar refractivity (Wildman–Crippen MR) is 180 cm³/mol. The fraction of sp³-hybridized carbons (Fsp3) is 0.441. The molecule has 43 heavy (non-hydrogen) atoms. The van der Waals surface area contributed by atoms with Gasteiger partial charge in [0.25, 0.3) is 5.91 Å². The highest BCUT2D eigenvalue weighted by atomic mass is 35.5. The third-order valence-electron chi connectivity index (χ3n) is 8.17. The molecule has 1 amide bonds. The highest BCUT2D eigenvalue weighted by Crippen LogP contribution is 2.40. The molecule has 3 rings (SSSR count). The number of halogens is 2. The molecule has 1 atom stereocenters. The highest BCUT2D eigenvalue weighted by Gasteiger charge is 2.39. The Morgan fingerprint density at radius 3 is 2.33 bits per heavy atom. The number of aliphatic hydroxyl groups excluding tert-OH is 1. The van der Waals surface area contributed by atoms with E-state index >= 15 is 0 Å². The molecule has 0 bridgehead atoms. The van der Waals surface area contributed by atoms with Crippen molar-refractivity contribution in [2.24, 2.45) is 0 Å². The summed E-state index contributed by atoms with van der Waals surface area (Å²) in [6.07, 6.45) is 1.08. The van der Waals surface area contributed by atoms with Crippen LogP contribution in [-0.2, 0) is 23.9 Å². The average Bonchev–Trinajstić information content (AvgIpc) is 2.92. The number of rotatable bonds is 13. The van der Waals surface area contributed by atoms with Crippen molar-refractivity contribution in [2.75, 3.05) is 13.1 Å². The maximum Gasteiger partial charge on any atom is 0.251 e. The van der Waals surface area contributed by atoms with E-state index in [4.69, 9.17) is 27.6 Å². The van der Waals surface area contributed by atoms with Crippen LogP contribution in [-0.4, -0.2) is 43.1 Å². The first-order valence-corrected chi connectivity index (χ1v) is 18.3. The van der Waals surface area contributed by atoms with Gasteiger partial charge >= 0.3 is 0 Å². The van der Waals surface area contributed by atoms with E-state index in [-0.39, 0.29) is 34.9 Å². The highest BCUT2D eigenvalue weighted by molar-refractivity contribution is 6.74. The van der Waals surface area contributed by atoms with Crippen LogP contribution < -0.4 is 10.6 Å². The van der Waals surface area contributed by atoms with Crippen molar-refractivity contribution in [3.05, 3.63) is 98.5 Å². The molecule has 0 aromatic heterocycles. The lowest BCUT2D eigenvalue weighted by molar-refractivity contribution is 0.0954. The first-order chi connectivity index (χ1) is 20.0. The predicted octanol–water partition coefficient (Wildman–Crippen LogP) is 7.84. The molecule has 0 radical (unpaired) electrons. The topological polar surface area (TPSA) is 90.8 Å². The van der Waals surface area contributed by atoms with Gasteiger partial charge in [-0.05, 0) is 97.9 Å². The number of nitrogens with one attached hydrogen (secondary N) is 2. The second kappa shape index (κ2) is 14.6. The van der Waals surface area contributed by atoms with Gasteiger partial charge in [-0.15, -0.1) is 0 Å². The van der Waals surface area contributed by atoms with E-state index in [1.165, 1.54) is 0 Å². The van der Waals surface area contributed by atoms with Gasteiger partial charge in [0, 0.05) is 29.8 Å². The summed E-state index contributed by atoms with van der Waals surface area (Å²) in [7, 11) is -2.14. The van der Waals surface area contributed by atoms with Gasteiger partial charge in [0.05, 0.1) is 22.8 Å². The maximum atomic E-state index is 12.9. The molecule has 4 N–H and O–H groups in total. The molecular formula is C34H46Cl2N2O4Si. The number of carbonyl (C=O) groups excluding carboxylic acids is 1. The Balaban J connectivity index is 1.68. The van der Waals surface area contributed by atoms with E-state index in [0.717, 1.165) is 16.7 Å². The van der Waals surface area contributed by atoms with Crippen molar-refractivity contribution < 1.29 is 19.4 Å². The van der Waals surface area contributed by atoms with E-state index in [1.54, 1.807) is 12.1 Å². The average molecular weight is 646 g/mol. The zero-order valence-corrected chi connectivity index (χ0v) is 28.9. The third-order valence-corrected chi connectivity index (χ3v) is 13.4. The number of phenols is 1. The quantitative estimate of drug-likeness (QED) is 0.142. The molecule has 0 saturated carbocycles. The molecule has 0 heterocycles. The van der Waals surface area contributed by atoms with Crippen molar-refractivity contribution in [3.63, 3.8) is 0 Å². The number of hydrogen-bond acceptors (Lipinski definition) is 5. The molecule has 3 aromatic rings. The SMILES string of the molecule is CC(C)(Cc1cccc(C(=O)NCCc2ccc(Cl)c(Cl)c2)c1)NC[C@@H](O[Si](C)(C)C(C)(C)C)c1ccc(O)c(CO)c1. The Morgan fingerprint density at radius 2 is 1.67 bits per heavy atom. The van der Waals surface area contributed by atoms with E-state index in [9.17, 15) is 15.0 Å². The van der Waals surface area contributed by atoms with Crippen LogP contribution in [0, 0.1) is 0 Å². The zero-order chi connectivity index (χ0) is 32.0. The van der Waals surface area contributed by atoms with Gasteiger partial charge in [-0.3, -0.25) is 4.79 Å². The van der Waals surface area contributed by atoms with Crippen LogP contribution in [0.25, 0.3) is 0 Å². The van der Waals surface area contributed by atoms with Crippen molar-refractivity contribution in [1.29, 1.82) is 0 Å². The minimum absolute atomic E-state index is 0.0143. The molecule has 0 spiro atoms. The number of aliphatic hydroxyl groups is 1. The summed E-state index contributed by atoms with van der Waals surface area (Å²) in [6.45, 7) is 16.1. The fourth-order valence-corrected chi connectivity index (χ4v) is 6.18. The normalized spacial score (nSPS) is 13.2. The molecule has 9 heteroatoms. The minimum atomic E-state index is -2.14. The summed E-state index contributed by atoms with van der Waals surface area (Å²) in [5.41, 5.74) is 3.74. The lowest BCUT2D eigenvalue weighted by Gasteiger charge is -2.40. The summed E-state index contributed by atoms with van der Waals surface area (Å²) in [6, 6.07) is 18.5. The van der Waals surface area contributed by atoms with E-state index in [1.807, 2.05) is 48.5 Å². The Kier molecular flexibility index (Phi) is 11.9. The van der Waals surface area contributed by atoms with Gasteiger partial charge in [-0.2, -0.15) is 0 Å². The van der Waals surface area contributed by atoms with Crippen LogP contribution in [0.1, 0.15) is 73.3 Å². The standard InChI is InChI=1S/C34H46Cl2N2O4Si/c1-33(2,3)43(6,7)42-31(25-12-14-30(40)27(19-25)22-39)21-38-34(4,5)20-24-9-8-10-26(17-24)32(41)37-16-15-23-11-13-28(35)29(36)18-23/h8-14,17-19,31,38-40H,15-16,20-22H2,1-7H3,(H,37,41)/t31-/m1/s1. The van der Waals surface area contributed by atoms with Crippen LogP contribution in [0.15, 0.2) is 60.7 Å². The molecule has 0 saturated heterocycles. The second-order valence-electron chi connectivity index (χ2n) is 13.3. The molecule has 6 nitrogen and oxygen atoms in total.